The lowest BCUT2D eigenvalue weighted by atomic mass is 10.1. The Kier molecular flexibility index (Phi) is 7.40. The summed E-state index contributed by atoms with van der Waals surface area (Å²) in [5, 5.41) is 0.257. The number of methoxy groups -OCH3 is 2. The highest BCUT2D eigenvalue weighted by Gasteiger charge is 2.31. The minimum Gasteiger partial charge on any atom is -0.496 e. The van der Waals surface area contributed by atoms with Gasteiger partial charge in [0.1, 0.15) is 32.5 Å². The standard InChI is InChI=1S/C24H15Cl5N2O4/c1-34-16-6-4-3-5-12(16)22(33)19-20(18(27)23(28)30-19)31-15(10-14(26)24(31)29)21(32)13-9-11(25)7-8-17(13)35-2/h3-10,30H,1-2H3. The topological polar surface area (TPSA) is 73.3 Å². The van der Waals surface area contributed by atoms with Crippen LogP contribution < -0.4 is 9.47 Å². The predicted octanol–water partition coefficient (Wildman–Crippen LogP) is 7.55. The normalized spacial score (nSPS) is 10.9. The van der Waals surface area contributed by atoms with Gasteiger partial charge in [-0.1, -0.05) is 70.1 Å². The molecule has 0 aliphatic rings. The number of aromatic nitrogens is 2. The zero-order chi connectivity index (χ0) is 25.4. The number of carbonyl (C=O) groups is 2. The van der Waals surface area contributed by atoms with Crippen LogP contribution in [-0.4, -0.2) is 35.3 Å². The maximum absolute atomic E-state index is 13.6. The van der Waals surface area contributed by atoms with Gasteiger partial charge in [-0.15, -0.1) is 0 Å². The molecular weight excluding hydrogens is 558 g/mol. The largest absolute Gasteiger partial charge is 0.496 e. The molecule has 0 spiro atoms. The molecule has 2 aromatic heterocycles. The molecule has 0 aliphatic carbocycles. The average molecular weight is 573 g/mol. The summed E-state index contributed by atoms with van der Waals surface area (Å²) in [4.78, 5) is 30.0. The van der Waals surface area contributed by atoms with Crippen molar-refractivity contribution in [1.29, 1.82) is 0 Å². The van der Waals surface area contributed by atoms with Gasteiger partial charge >= 0.3 is 0 Å². The van der Waals surface area contributed by atoms with Crippen LogP contribution in [0.3, 0.4) is 0 Å². The molecule has 2 heterocycles. The Morgan fingerprint density at radius 1 is 0.829 bits per heavy atom. The summed E-state index contributed by atoms with van der Waals surface area (Å²) in [6, 6.07) is 12.6. The van der Waals surface area contributed by atoms with Crippen molar-refractivity contribution in [2.45, 2.75) is 0 Å². The first-order valence-corrected chi connectivity index (χ1v) is 11.8. The molecule has 0 unspecified atom stereocenters. The molecule has 2 aromatic carbocycles. The van der Waals surface area contributed by atoms with E-state index in [0.717, 1.165) is 0 Å². The number of halogens is 5. The van der Waals surface area contributed by atoms with Crippen molar-refractivity contribution in [2.24, 2.45) is 0 Å². The second kappa shape index (κ2) is 10.2. The van der Waals surface area contributed by atoms with Crippen molar-refractivity contribution >= 4 is 69.6 Å². The van der Waals surface area contributed by atoms with E-state index in [4.69, 9.17) is 67.5 Å². The third kappa shape index (κ3) is 4.53. The summed E-state index contributed by atoms with van der Waals surface area (Å²) in [5.74, 6) is -0.405. The van der Waals surface area contributed by atoms with Crippen LogP contribution in [0.1, 0.15) is 32.1 Å². The van der Waals surface area contributed by atoms with Crippen molar-refractivity contribution in [2.75, 3.05) is 14.2 Å². The second-order valence-corrected chi connectivity index (χ2v) is 9.14. The van der Waals surface area contributed by atoms with E-state index in [1.807, 2.05) is 0 Å². The quantitative estimate of drug-likeness (QED) is 0.232. The van der Waals surface area contributed by atoms with Gasteiger partial charge in [-0.2, -0.15) is 0 Å². The molecule has 0 saturated heterocycles. The van der Waals surface area contributed by atoms with Gasteiger partial charge < -0.3 is 14.5 Å². The molecule has 0 amide bonds. The zero-order valence-corrected chi connectivity index (χ0v) is 21.9. The molecule has 0 saturated carbocycles. The number of benzene rings is 2. The summed E-state index contributed by atoms with van der Waals surface area (Å²) in [7, 11) is 2.87. The number of nitrogens with one attached hydrogen (secondary N) is 1. The van der Waals surface area contributed by atoms with E-state index in [2.05, 4.69) is 4.98 Å². The minimum absolute atomic E-state index is 0.00668. The van der Waals surface area contributed by atoms with E-state index in [1.165, 1.54) is 30.9 Å². The third-order valence-electron chi connectivity index (χ3n) is 5.21. The maximum Gasteiger partial charge on any atom is 0.215 e. The van der Waals surface area contributed by atoms with Crippen LogP contribution in [0.4, 0.5) is 0 Å². The van der Waals surface area contributed by atoms with Gasteiger partial charge in [0, 0.05) is 5.02 Å². The first-order chi connectivity index (χ1) is 16.7. The predicted molar refractivity (Wildman–Crippen MR) is 138 cm³/mol. The molecule has 35 heavy (non-hydrogen) atoms. The Labute approximate surface area is 225 Å². The lowest BCUT2D eigenvalue weighted by Crippen LogP contribution is -2.14. The Hall–Kier alpha value is -2.61. The van der Waals surface area contributed by atoms with Crippen LogP contribution in [0.2, 0.25) is 25.4 Å². The first kappa shape index (κ1) is 25.5. The summed E-state index contributed by atoms with van der Waals surface area (Å²) in [6.07, 6.45) is 0. The van der Waals surface area contributed by atoms with Crippen molar-refractivity contribution in [1.82, 2.24) is 9.55 Å². The van der Waals surface area contributed by atoms with Crippen molar-refractivity contribution in [3.05, 3.63) is 96.4 Å². The highest BCUT2D eigenvalue weighted by molar-refractivity contribution is 6.45. The molecule has 0 fully saturated rings. The van der Waals surface area contributed by atoms with Crippen LogP contribution >= 0.6 is 58.0 Å². The number of H-pyrrole nitrogens is 1. The lowest BCUT2D eigenvalue weighted by molar-refractivity contribution is 0.101. The lowest BCUT2D eigenvalue weighted by Gasteiger charge is -2.14. The molecule has 0 atom stereocenters. The molecule has 1 N–H and O–H groups in total. The van der Waals surface area contributed by atoms with Gasteiger partial charge in [0.2, 0.25) is 11.6 Å². The highest BCUT2D eigenvalue weighted by Crippen LogP contribution is 2.40. The Morgan fingerprint density at radius 2 is 1.49 bits per heavy atom. The van der Waals surface area contributed by atoms with Gasteiger partial charge in [-0.25, -0.2) is 0 Å². The number of ether oxygens (including phenoxy) is 2. The summed E-state index contributed by atoms with van der Waals surface area (Å²) < 4.78 is 11.9. The van der Waals surface area contributed by atoms with E-state index in [0.29, 0.717) is 10.8 Å². The molecular formula is C24H15Cl5N2O4. The smallest absolute Gasteiger partial charge is 0.215 e. The van der Waals surface area contributed by atoms with Crippen LogP contribution in [0.5, 0.6) is 11.5 Å². The number of ketones is 2. The number of nitrogens with zero attached hydrogens (tertiary/aromatic N) is 1. The van der Waals surface area contributed by atoms with Gasteiger partial charge in [0.15, 0.2) is 0 Å². The van der Waals surface area contributed by atoms with Crippen LogP contribution in [0.15, 0.2) is 48.5 Å². The average Bonchev–Trinajstić information content (AvgIpc) is 3.32. The number of hydrogen-bond acceptors (Lipinski definition) is 4. The first-order valence-electron chi connectivity index (χ1n) is 9.89. The second-order valence-electron chi connectivity index (χ2n) is 7.18. The van der Waals surface area contributed by atoms with E-state index >= 15 is 0 Å². The number of para-hydroxylation sites is 1. The van der Waals surface area contributed by atoms with Gasteiger partial charge in [-0.05, 0) is 36.4 Å². The molecule has 180 valence electrons. The van der Waals surface area contributed by atoms with Gasteiger partial charge in [0.05, 0.1) is 41.8 Å². The molecule has 0 radical (unpaired) electrons. The summed E-state index contributed by atoms with van der Waals surface area (Å²) in [5.41, 5.74) is 0.429. The summed E-state index contributed by atoms with van der Waals surface area (Å²) in [6.45, 7) is 0. The fourth-order valence-corrected chi connectivity index (χ4v) is 4.62. The van der Waals surface area contributed by atoms with E-state index < -0.39 is 11.6 Å². The Balaban J connectivity index is 1.96. The zero-order valence-electron chi connectivity index (χ0n) is 18.1. The SMILES string of the molecule is COc1ccccc1C(=O)c1[nH]c(Cl)c(Cl)c1-n1c(C(=O)c2cc(Cl)ccc2OC)cc(Cl)c1Cl. The Morgan fingerprint density at radius 3 is 2.17 bits per heavy atom. The molecule has 4 rings (SSSR count). The summed E-state index contributed by atoms with van der Waals surface area (Å²) >= 11 is 31.8. The van der Waals surface area contributed by atoms with Crippen molar-refractivity contribution in [3.8, 4) is 17.2 Å². The fraction of sp³-hybridized carbons (Fsp3) is 0.0833. The molecule has 11 heteroatoms. The van der Waals surface area contributed by atoms with Gasteiger partial charge in [-0.3, -0.25) is 14.2 Å². The number of carbonyl (C=O) groups excluding carboxylic acids is 2. The van der Waals surface area contributed by atoms with E-state index in [-0.39, 0.29) is 54.3 Å². The molecule has 0 bridgehead atoms. The fourth-order valence-electron chi connectivity index (χ4n) is 3.62. The molecule has 4 aromatic rings. The monoisotopic (exact) mass is 570 g/mol. The number of rotatable bonds is 7. The van der Waals surface area contributed by atoms with E-state index in [1.54, 1.807) is 36.4 Å². The van der Waals surface area contributed by atoms with Crippen LogP contribution in [0, 0.1) is 0 Å². The molecule has 6 nitrogen and oxygen atoms in total. The Bertz CT molecular complexity index is 1480. The van der Waals surface area contributed by atoms with Crippen LogP contribution in [0.25, 0.3) is 5.69 Å². The van der Waals surface area contributed by atoms with Crippen LogP contribution in [-0.2, 0) is 0 Å². The minimum atomic E-state index is -0.526. The van der Waals surface area contributed by atoms with Crippen molar-refractivity contribution in [3.63, 3.8) is 0 Å². The molecule has 0 aliphatic heterocycles. The highest BCUT2D eigenvalue weighted by atomic mass is 35.5. The van der Waals surface area contributed by atoms with Gasteiger partial charge in [0.25, 0.3) is 0 Å². The number of hydrogen-bond donors (Lipinski definition) is 1. The van der Waals surface area contributed by atoms with Crippen molar-refractivity contribution < 1.29 is 19.1 Å². The van der Waals surface area contributed by atoms with E-state index in [9.17, 15) is 9.59 Å². The maximum atomic E-state index is 13.6. The number of aromatic amines is 1. The third-order valence-corrected chi connectivity index (χ3v) is 6.95.